The lowest BCUT2D eigenvalue weighted by molar-refractivity contribution is -0.152. The van der Waals surface area contributed by atoms with E-state index < -0.39 is 5.41 Å². The highest BCUT2D eigenvalue weighted by molar-refractivity contribution is 5.94. The molecule has 0 aromatic rings. The molecule has 0 saturated heterocycles. The number of hydrogen-bond acceptors (Lipinski definition) is 3. The molecule has 14 heavy (non-hydrogen) atoms. The average molecular weight is 196 g/mol. The summed E-state index contributed by atoms with van der Waals surface area (Å²) in [6.07, 6.45) is 2.56. The highest BCUT2D eigenvalue weighted by atomic mass is 16.5. The van der Waals surface area contributed by atoms with Crippen molar-refractivity contribution in [1.82, 2.24) is 0 Å². The first-order valence-electron chi connectivity index (χ1n) is 4.89. The second kappa shape index (κ2) is 3.95. The van der Waals surface area contributed by atoms with E-state index in [9.17, 15) is 9.59 Å². The number of allylic oxidation sites excluding steroid dienone is 1. The van der Waals surface area contributed by atoms with Crippen LogP contribution in [-0.2, 0) is 14.3 Å². The summed E-state index contributed by atoms with van der Waals surface area (Å²) in [6.45, 7) is 5.82. The van der Waals surface area contributed by atoms with Crippen LogP contribution in [0.5, 0.6) is 0 Å². The Bertz CT molecular complexity index is 291. The van der Waals surface area contributed by atoms with E-state index in [1.165, 1.54) is 0 Å². The Morgan fingerprint density at radius 2 is 2.29 bits per heavy atom. The highest BCUT2D eigenvalue weighted by Crippen LogP contribution is 2.36. The molecule has 0 spiro atoms. The van der Waals surface area contributed by atoms with E-state index in [1.807, 2.05) is 13.8 Å². The topological polar surface area (TPSA) is 43.4 Å². The first-order valence-corrected chi connectivity index (χ1v) is 4.89. The SMILES string of the molecule is CCOC(=O)[C@]1(C)CCC(=O)C=C1C. The second-order valence-electron chi connectivity index (χ2n) is 3.85. The lowest BCUT2D eigenvalue weighted by atomic mass is 9.74. The predicted octanol–water partition coefficient (Wildman–Crippen LogP) is 1.86. The van der Waals surface area contributed by atoms with Gasteiger partial charge in [0.25, 0.3) is 0 Å². The van der Waals surface area contributed by atoms with E-state index in [0.717, 1.165) is 5.57 Å². The molecule has 0 radical (unpaired) electrons. The van der Waals surface area contributed by atoms with Gasteiger partial charge < -0.3 is 4.74 Å². The van der Waals surface area contributed by atoms with E-state index in [0.29, 0.717) is 19.4 Å². The van der Waals surface area contributed by atoms with E-state index in [1.54, 1.807) is 13.0 Å². The van der Waals surface area contributed by atoms with Crippen molar-refractivity contribution >= 4 is 11.8 Å². The summed E-state index contributed by atoms with van der Waals surface area (Å²) in [5.74, 6) is -0.120. The maximum absolute atomic E-state index is 11.7. The average Bonchev–Trinajstić information content (AvgIpc) is 2.12. The quantitative estimate of drug-likeness (QED) is 0.633. The maximum atomic E-state index is 11.7. The van der Waals surface area contributed by atoms with Crippen LogP contribution in [0.2, 0.25) is 0 Å². The molecule has 1 aliphatic carbocycles. The summed E-state index contributed by atoms with van der Waals surface area (Å²) in [4.78, 5) is 22.8. The van der Waals surface area contributed by atoms with Crippen molar-refractivity contribution in [2.24, 2.45) is 5.41 Å². The lowest BCUT2D eigenvalue weighted by Crippen LogP contribution is -2.34. The van der Waals surface area contributed by atoms with Gasteiger partial charge in [-0.2, -0.15) is 0 Å². The molecule has 0 saturated carbocycles. The molecule has 0 fully saturated rings. The van der Waals surface area contributed by atoms with E-state index in [2.05, 4.69) is 0 Å². The Morgan fingerprint density at radius 3 is 2.79 bits per heavy atom. The number of carbonyl (C=O) groups is 2. The smallest absolute Gasteiger partial charge is 0.315 e. The summed E-state index contributed by atoms with van der Waals surface area (Å²) in [5, 5.41) is 0. The molecule has 1 atom stereocenters. The van der Waals surface area contributed by atoms with Gasteiger partial charge in [-0.15, -0.1) is 0 Å². The molecule has 0 heterocycles. The van der Waals surface area contributed by atoms with Crippen molar-refractivity contribution in [1.29, 1.82) is 0 Å². The Labute approximate surface area is 84.1 Å². The first-order chi connectivity index (χ1) is 6.50. The third-order valence-electron chi connectivity index (χ3n) is 2.85. The van der Waals surface area contributed by atoms with Crippen LogP contribution in [0.15, 0.2) is 11.6 Å². The Morgan fingerprint density at radius 1 is 1.64 bits per heavy atom. The Hall–Kier alpha value is -1.12. The van der Waals surface area contributed by atoms with E-state index in [4.69, 9.17) is 4.74 Å². The van der Waals surface area contributed by atoms with Crippen LogP contribution in [-0.4, -0.2) is 18.4 Å². The zero-order valence-corrected chi connectivity index (χ0v) is 8.92. The number of carbonyl (C=O) groups excluding carboxylic acids is 2. The third-order valence-corrected chi connectivity index (χ3v) is 2.85. The Kier molecular flexibility index (Phi) is 3.09. The molecule has 1 rings (SSSR count). The number of rotatable bonds is 2. The van der Waals surface area contributed by atoms with Gasteiger partial charge in [0, 0.05) is 6.42 Å². The fourth-order valence-corrected chi connectivity index (χ4v) is 1.60. The van der Waals surface area contributed by atoms with Gasteiger partial charge in [0.1, 0.15) is 0 Å². The van der Waals surface area contributed by atoms with Crippen molar-refractivity contribution < 1.29 is 14.3 Å². The molecule has 0 amide bonds. The third kappa shape index (κ3) is 1.86. The molecule has 0 aliphatic heterocycles. The number of hydrogen-bond donors (Lipinski definition) is 0. The van der Waals surface area contributed by atoms with Crippen molar-refractivity contribution in [3.63, 3.8) is 0 Å². The number of ketones is 1. The van der Waals surface area contributed by atoms with Gasteiger partial charge in [0.05, 0.1) is 12.0 Å². The van der Waals surface area contributed by atoms with Crippen LogP contribution < -0.4 is 0 Å². The largest absolute Gasteiger partial charge is 0.465 e. The normalized spacial score (nSPS) is 27.1. The molecular weight excluding hydrogens is 180 g/mol. The lowest BCUT2D eigenvalue weighted by Gasteiger charge is -2.30. The van der Waals surface area contributed by atoms with Crippen LogP contribution in [0, 0.1) is 5.41 Å². The minimum atomic E-state index is -0.593. The van der Waals surface area contributed by atoms with Crippen molar-refractivity contribution in [3.05, 3.63) is 11.6 Å². The number of esters is 1. The van der Waals surface area contributed by atoms with Crippen LogP contribution in [0.3, 0.4) is 0 Å². The van der Waals surface area contributed by atoms with E-state index in [-0.39, 0.29) is 11.8 Å². The minimum absolute atomic E-state index is 0.101. The summed E-state index contributed by atoms with van der Waals surface area (Å²) in [5.41, 5.74) is 0.219. The van der Waals surface area contributed by atoms with Crippen LogP contribution >= 0.6 is 0 Å². The van der Waals surface area contributed by atoms with E-state index >= 15 is 0 Å². The van der Waals surface area contributed by atoms with Gasteiger partial charge in [0.15, 0.2) is 5.78 Å². The fraction of sp³-hybridized carbons (Fsp3) is 0.636. The molecule has 0 unspecified atom stereocenters. The molecule has 78 valence electrons. The first kappa shape index (κ1) is 11.0. The molecule has 0 aromatic carbocycles. The molecule has 0 aromatic heterocycles. The van der Waals surface area contributed by atoms with Gasteiger partial charge in [-0.3, -0.25) is 9.59 Å². The van der Waals surface area contributed by atoms with Gasteiger partial charge in [-0.05, 0) is 33.3 Å². The fourth-order valence-electron chi connectivity index (χ4n) is 1.60. The standard InChI is InChI=1S/C11H16O3/c1-4-14-10(13)11(3)6-5-9(12)7-8(11)2/h7H,4-6H2,1-3H3/t11-/m1/s1. The van der Waals surface area contributed by atoms with Crippen molar-refractivity contribution in [2.75, 3.05) is 6.61 Å². The van der Waals surface area contributed by atoms with Gasteiger partial charge in [-0.1, -0.05) is 5.57 Å². The maximum Gasteiger partial charge on any atom is 0.315 e. The summed E-state index contributed by atoms with van der Waals surface area (Å²) in [7, 11) is 0. The predicted molar refractivity (Wildman–Crippen MR) is 52.7 cm³/mol. The highest BCUT2D eigenvalue weighted by Gasteiger charge is 2.39. The minimum Gasteiger partial charge on any atom is -0.465 e. The van der Waals surface area contributed by atoms with Crippen molar-refractivity contribution in [2.45, 2.75) is 33.6 Å². The summed E-state index contributed by atoms with van der Waals surface area (Å²) < 4.78 is 5.00. The van der Waals surface area contributed by atoms with Crippen LogP contribution in [0.4, 0.5) is 0 Å². The van der Waals surface area contributed by atoms with Gasteiger partial charge in [0.2, 0.25) is 0 Å². The second-order valence-corrected chi connectivity index (χ2v) is 3.85. The monoisotopic (exact) mass is 196 g/mol. The molecule has 0 N–H and O–H groups in total. The van der Waals surface area contributed by atoms with Gasteiger partial charge >= 0.3 is 5.97 Å². The zero-order chi connectivity index (χ0) is 10.8. The Balaban J connectivity index is 2.89. The van der Waals surface area contributed by atoms with Crippen LogP contribution in [0.25, 0.3) is 0 Å². The molecule has 0 bridgehead atoms. The molecular formula is C11H16O3. The zero-order valence-electron chi connectivity index (χ0n) is 8.92. The van der Waals surface area contributed by atoms with Crippen LogP contribution in [0.1, 0.15) is 33.6 Å². The van der Waals surface area contributed by atoms with Crippen molar-refractivity contribution in [3.8, 4) is 0 Å². The number of ether oxygens (including phenoxy) is 1. The summed E-state index contributed by atoms with van der Waals surface area (Å²) in [6, 6.07) is 0. The summed E-state index contributed by atoms with van der Waals surface area (Å²) >= 11 is 0. The molecule has 3 nitrogen and oxygen atoms in total. The van der Waals surface area contributed by atoms with Gasteiger partial charge in [-0.25, -0.2) is 0 Å². The molecule has 1 aliphatic rings. The molecule has 3 heteroatoms.